The first kappa shape index (κ1) is 25.0. The van der Waals surface area contributed by atoms with E-state index < -0.39 is 0 Å². The van der Waals surface area contributed by atoms with Crippen molar-refractivity contribution in [3.8, 4) is 39.6 Å². The van der Waals surface area contributed by atoms with Crippen molar-refractivity contribution in [2.45, 2.75) is 0 Å². The molecule has 44 heavy (non-hydrogen) atoms. The van der Waals surface area contributed by atoms with Crippen LogP contribution >= 0.6 is 11.3 Å². The van der Waals surface area contributed by atoms with Gasteiger partial charge >= 0.3 is 0 Å². The van der Waals surface area contributed by atoms with Gasteiger partial charge in [-0.25, -0.2) is 9.97 Å². The quantitative estimate of drug-likeness (QED) is 0.208. The molecule has 9 rings (SSSR count). The summed E-state index contributed by atoms with van der Waals surface area (Å²) < 4.78 is 4.93. The van der Waals surface area contributed by atoms with Gasteiger partial charge in [-0.05, 0) is 29.3 Å². The second-order valence-corrected chi connectivity index (χ2v) is 12.1. The largest absolute Gasteiger partial charge is 0.294 e. The zero-order valence-electron chi connectivity index (χ0n) is 23.7. The molecule has 3 aromatic heterocycles. The van der Waals surface area contributed by atoms with Crippen molar-refractivity contribution < 1.29 is 0 Å². The molecule has 0 N–H and O–H groups in total. The Morgan fingerprint density at radius 2 is 1.14 bits per heavy atom. The second-order valence-electron chi connectivity index (χ2n) is 11.0. The molecule has 0 atom stereocenters. The maximum Gasteiger partial charge on any atom is 0.162 e. The van der Waals surface area contributed by atoms with Gasteiger partial charge in [-0.15, -0.1) is 11.3 Å². The summed E-state index contributed by atoms with van der Waals surface area (Å²) in [5.74, 6) is 1.56. The van der Waals surface area contributed by atoms with Crippen molar-refractivity contribution in [3.63, 3.8) is 0 Å². The lowest BCUT2D eigenvalue weighted by Crippen LogP contribution is -2.02. The highest BCUT2D eigenvalue weighted by Gasteiger charge is 2.18. The van der Waals surface area contributed by atoms with E-state index in [2.05, 4.69) is 132 Å². The highest BCUT2D eigenvalue weighted by molar-refractivity contribution is 7.26. The van der Waals surface area contributed by atoms with E-state index in [0.29, 0.717) is 5.82 Å². The molecule has 0 saturated heterocycles. The summed E-state index contributed by atoms with van der Waals surface area (Å²) in [5, 5.41) is 5.02. The van der Waals surface area contributed by atoms with Crippen LogP contribution in [0.25, 0.3) is 81.6 Å². The predicted molar refractivity (Wildman–Crippen MR) is 186 cm³/mol. The first-order valence-electron chi connectivity index (χ1n) is 14.8. The Labute approximate surface area is 258 Å². The predicted octanol–water partition coefficient (Wildman–Crippen LogP) is 10.9. The van der Waals surface area contributed by atoms with E-state index in [-0.39, 0.29) is 0 Å². The summed E-state index contributed by atoms with van der Waals surface area (Å²) >= 11 is 1.87. The highest BCUT2D eigenvalue weighted by Crippen LogP contribution is 2.42. The molecule has 0 spiro atoms. The molecule has 0 bridgehead atoms. The van der Waals surface area contributed by atoms with Gasteiger partial charge in [0, 0.05) is 48.1 Å². The van der Waals surface area contributed by atoms with Crippen LogP contribution in [0.5, 0.6) is 0 Å². The first-order chi connectivity index (χ1) is 21.8. The van der Waals surface area contributed by atoms with E-state index in [4.69, 9.17) is 9.97 Å². The molecular formula is C40H25N3S. The molecule has 0 aliphatic heterocycles. The molecule has 0 fully saturated rings. The van der Waals surface area contributed by atoms with E-state index in [1.54, 1.807) is 0 Å². The Kier molecular flexibility index (Phi) is 5.68. The fraction of sp³-hybridized carbons (Fsp3) is 0. The standard InChI is InChI=1S/C40H25N3S/c1-3-12-26(13-4-1)34-25-38(42-40(41-34)27-14-5-2-6-15-27)43-35-20-9-7-16-30(35)31-23-22-28(24-36(31)43)29-18-11-19-33-32-17-8-10-21-37(32)44-39(29)33/h1-25H. The number of para-hydroxylation sites is 1. The number of aromatic nitrogens is 3. The average Bonchev–Trinajstić information content (AvgIpc) is 3.64. The zero-order chi connectivity index (χ0) is 29.0. The van der Waals surface area contributed by atoms with Gasteiger partial charge in [-0.3, -0.25) is 4.57 Å². The molecule has 206 valence electrons. The lowest BCUT2D eigenvalue weighted by molar-refractivity contribution is 1.05. The molecule has 0 unspecified atom stereocenters. The number of rotatable bonds is 4. The third-order valence-electron chi connectivity index (χ3n) is 8.43. The summed E-state index contributed by atoms with van der Waals surface area (Å²) in [5.41, 5.74) is 7.64. The lowest BCUT2D eigenvalue weighted by Gasteiger charge is -2.12. The topological polar surface area (TPSA) is 30.7 Å². The van der Waals surface area contributed by atoms with E-state index in [9.17, 15) is 0 Å². The van der Waals surface area contributed by atoms with Crippen LogP contribution in [0.1, 0.15) is 0 Å². The third-order valence-corrected chi connectivity index (χ3v) is 9.65. The van der Waals surface area contributed by atoms with Crippen molar-refractivity contribution in [2.75, 3.05) is 0 Å². The number of thiophene rings is 1. The van der Waals surface area contributed by atoms with Crippen LogP contribution in [0.15, 0.2) is 152 Å². The van der Waals surface area contributed by atoms with Crippen LogP contribution in [0.2, 0.25) is 0 Å². The number of benzene rings is 6. The van der Waals surface area contributed by atoms with Crippen LogP contribution in [-0.4, -0.2) is 14.5 Å². The summed E-state index contributed by atoms with van der Waals surface area (Å²) in [6.07, 6.45) is 0. The molecule has 0 aliphatic carbocycles. The molecule has 0 radical (unpaired) electrons. The van der Waals surface area contributed by atoms with Crippen LogP contribution in [0.4, 0.5) is 0 Å². The van der Waals surface area contributed by atoms with Crippen molar-refractivity contribution >= 4 is 53.3 Å². The zero-order valence-corrected chi connectivity index (χ0v) is 24.5. The Bertz CT molecular complexity index is 2430. The highest BCUT2D eigenvalue weighted by atomic mass is 32.1. The minimum absolute atomic E-state index is 0.707. The van der Waals surface area contributed by atoms with Crippen molar-refractivity contribution in [2.24, 2.45) is 0 Å². The molecule has 3 nitrogen and oxygen atoms in total. The minimum Gasteiger partial charge on any atom is -0.294 e. The molecule has 4 heteroatoms. The summed E-state index contributed by atoms with van der Waals surface area (Å²) in [7, 11) is 0. The Hall–Kier alpha value is -5.58. The van der Waals surface area contributed by atoms with Gasteiger partial charge in [-0.2, -0.15) is 0 Å². The van der Waals surface area contributed by atoms with Crippen LogP contribution in [0.3, 0.4) is 0 Å². The number of nitrogens with zero attached hydrogens (tertiary/aromatic N) is 3. The second kappa shape index (κ2) is 10.0. The average molecular weight is 580 g/mol. The summed E-state index contributed by atoms with van der Waals surface area (Å²) in [6.45, 7) is 0. The molecule has 0 aliphatic rings. The maximum atomic E-state index is 5.21. The molecular weight excluding hydrogens is 555 g/mol. The van der Waals surface area contributed by atoms with Crippen LogP contribution < -0.4 is 0 Å². The molecule has 3 heterocycles. The minimum atomic E-state index is 0.707. The Balaban J connectivity index is 1.33. The monoisotopic (exact) mass is 579 g/mol. The third kappa shape index (κ3) is 3.96. The van der Waals surface area contributed by atoms with Gasteiger partial charge in [0.05, 0.1) is 16.7 Å². The number of fused-ring (bicyclic) bond motifs is 6. The number of hydrogen-bond acceptors (Lipinski definition) is 3. The fourth-order valence-corrected chi connectivity index (χ4v) is 7.62. The van der Waals surface area contributed by atoms with Crippen LogP contribution in [0, 0.1) is 0 Å². The van der Waals surface area contributed by atoms with Gasteiger partial charge in [0.1, 0.15) is 5.82 Å². The van der Waals surface area contributed by atoms with Gasteiger partial charge in [0.15, 0.2) is 5.82 Å². The molecule has 6 aromatic carbocycles. The number of hydrogen-bond donors (Lipinski definition) is 0. The molecule has 0 saturated carbocycles. The van der Waals surface area contributed by atoms with Crippen molar-refractivity contribution in [3.05, 3.63) is 152 Å². The van der Waals surface area contributed by atoms with Crippen molar-refractivity contribution in [1.82, 2.24) is 14.5 Å². The summed E-state index contributed by atoms with van der Waals surface area (Å²) in [4.78, 5) is 10.2. The Morgan fingerprint density at radius 3 is 1.98 bits per heavy atom. The van der Waals surface area contributed by atoms with Gasteiger partial charge in [0.2, 0.25) is 0 Å². The fourth-order valence-electron chi connectivity index (χ4n) is 6.38. The molecule has 9 aromatic rings. The first-order valence-corrected chi connectivity index (χ1v) is 15.6. The van der Waals surface area contributed by atoms with E-state index in [1.165, 1.54) is 42.1 Å². The molecule has 0 amide bonds. The normalized spacial score (nSPS) is 11.6. The van der Waals surface area contributed by atoms with Gasteiger partial charge in [-0.1, -0.05) is 127 Å². The van der Waals surface area contributed by atoms with E-state index in [0.717, 1.165) is 33.7 Å². The van der Waals surface area contributed by atoms with E-state index in [1.807, 2.05) is 35.6 Å². The van der Waals surface area contributed by atoms with Gasteiger partial charge < -0.3 is 0 Å². The van der Waals surface area contributed by atoms with Crippen LogP contribution in [-0.2, 0) is 0 Å². The SMILES string of the molecule is c1ccc(-c2cc(-n3c4ccccc4c4ccc(-c5cccc6c5sc5ccccc56)cc43)nc(-c3ccccc3)n2)cc1. The van der Waals surface area contributed by atoms with E-state index >= 15 is 0 Å². The Morgan fingerprint density at radius 1 is 0.455 bits per heavy atom. The summed E-state index contributed by atoms with van der Waals surface area (Å²) in [6, 6.07) is 53.6. The maximum absolute atomic E-state index is 5.21. The van der Waals surface area contributed by atoms with Gasteiger partial charge in [0.25, 0.3) is 0 Å². The lowest BCUT2D eigenvalue weighted by atomic mass is 10.0. The van der Waals surface area contributed by atoms with Crippen molar-refractivity contribution in [1.29, 1.82) is 0 Å². The smallest absolute Gasteiger partial charge is 0.162 e.